The van der Waals surface area contributed by atoms with Gasteiger partial charge in [-0.2, -0.15) is 0 Å². The van der Waals surface area contributed by atoms with Gasteiger partial charge in [0.15, 0.2) is 6.16 Å². The van der Waals surface area contributed by atoms with E-state index >= 15 is 0 Å². The van der Waals surface area contributed by atoms with Crippen LogP contribution in [0.15, 0.2) is 30.3 Å². The van der Waals surface area contributed by atoms with E-state index in [2.05, 4.69) is 22.5 Å². The summed E-state index contributed by atoms with van der Waals surface area (Å²) in [7, 11) is -1.65. The molecule has 2 atom stereocenters. The zero-order chi connectivity index (χ0) is 18.7. The maximum Gasteiger partial charge on any atom is 0.432 e. The zero-order valence-electron chi connectivity index (χ0n) is 15.0. The summed E-state index contributed by atoms with van der Waals surface area (Å²) in [5.74, 6) is -0.709. The lowest BCUT2D eigenvalue weighted by Gasteiger charge is -2.16. The van der Waals surface area contributed by atoms with Crippen LogP contribution in [-0.4, -0.2) is 30.6 Å². The molecule has 1 unspecified atom stereocenters. The fourth-order valence-electron chi connectivity index (χ4n) is 2.38. The number of nitrogens with one attached hydrogen (secondary N) is 2. The molecule has 0 aliphatic carbocycles. The van der Waals surface area contributed by atoms with Crippen molar-refractivity contribution in [2.45, 2.75) is 45.6 Å². The largest absolute Gasteiger partial charge is 0.432 e. The summed E-state index contributed by atoms with van der Waals surface area (Å²) >= 11 is 0. The third-order valence-corrected chi connectivity index (χ3v) is 5.11. The molecule has 0 aliphatic rings. The molecule has 0 radical (unpaired) electrons. The van der Waals surface area contributed by atoms with Crippen molar-refractivity contribution in [1.82, 2.24) is 10.4 Å². The van der Waals surface area contributed by atoms with Crippen molar-refractivity contribution in [2.24, 2.45) is 11.7 Å². The number of hydrogen-bond donors (Lipinski definition) is 3. The molecule has 138 valence electrons. The van der Waals surface area contributed by atoms with Crippen LogP contribution in [0, 0.1) is 5.92 Å². The highest BCUT2D eigenvalue weighted by Crippen LogP contribution is 2.21. The van der Waals surface area contributed by atoms with Gasteiger partial charge < -0.3 is 11.1 Å². The van der Waals surface area contributed by atoms with Gasteiger partial charge in [-0.1, -0.05) is 53.8 Å². The van der Waals surface area contributed by atoms with Gasteiger partial charge in [0, 0.05) is 13.0 Å². The SMILES string of the molecule is CC(C)[C@H](N[P+](=O)CCCCc1ccccc1)C(=O)NCCC(N)=O. The van der Waals surface area contributed by atoms with Crippen molar-refractivity contribution < 1.29 is 14.2 Å². The minimum atomic E-state index is -1.65. The molecular formula is C18H29N3O3P+. The average Bonchev–Trinajstić information content (AvgIpc) is 2.56. The summed E-state index contributed by atoms with van der Waals surface area (Å²) in [6.07, 6.45) is 3.41. The van der Waals surface area contributed by atoms with Gasteiger partial charge in [0.1, 0.15) is 6.04 Å². The minimum absolute atomic E-state index is 0.00292. The molecule has 0 saturated heterocycles. The first kappa shape index (κ1) is 21.3. The van der Waals surface area contributed by atoms with Crippen LogP contribution in [0.4, 0.5) is 0 Å². The highest BCUT2D eigenvalue weighted by molar-refractivity contribution is 7.42. The number of carbonyl (C=O) groups excluding carboxylic acids is 2. The Kier molecular flexibility index (Phi) is 9.97. The number of primary amides is 1. The molecule has 6 nitrogen and oxygen atoms in total. The second kappa shape index (κ2) is 11.7. The molecule has 7 heteroatoms. The van der Waals surface area contributed by atoms with E-state index < -0.39 is 19.9 Å². The molecule has 2 amide bonds. The molecule has 0 heterocycles. The van der Waals surface area contributed by atoms with Crippen LogP contribution in [0.2, 0.25) is 0 Å². The first-order valence-electron chi connectivity index (χ1n) is 8.71. The molecular weight excluding hydrogens is 337 g/mol. The van der Waals surface area contributed by atoms with Crippen LogP contribution < -0.4 is 16.1 Å². The van der Waals surface area contributed by atoms with Crippen LogP contribution in [0.5, 0.6) is 0 Å². The molecule has 1 rings (SSSR count). The third kappa shape index (κ3) is 9.32. The molecule has 0 aliphatic heterocycles. The highest BCUT2D eigenvalue weighted by atomic mass is 31.1. The van der Waals surface area contributed by atoms with Crippen molar-refractivity contribution in [3.63, 3.8) is 0 Å². The minimum Gasteiger partial charge on any atom is -0.370 e. The van der Waals surface area contributed by atoms with Gasteiger partial charge in [-0.3, -0.25) is 9.59 Å². The highest BCUT2D eigenvalue weighted by Gasteiger charge is 2.30. The van der Waals surface area contributed by atoms with E-state index in [1.165, 1.54) is 5.56 Å². The Morgan fingerprint density at radius 1 is 1.16 bits per heavy atom. The molecule has 0 spiro atoms. The summed E-state index contributed by atoms with van der Waals surface area (Å²) in [5, 5.41) is 5.59. The van der Waals surface area contributed by atoms with E-state index in [1.807, 2.05) is 32.0 Å². The van der Waals surface area contributed by atoms with E-state index in [4.69, 9.17) is 5.73 Å². The molecule has 25 heavy (non-hydrogen) atoms. The summed E-state index contributed by atoms with van der Waals surface area (Å²) in [5.41, 5.74) is 6.33. The van der Waals surface area contributed by atoms with Crippen molar-refractivity contribution in [3.8, 4) is 0 Å². The Bertz CT molecular complexity index is 564. The van der Waals surface area contributed by atoms with Gasteiger partial charge in [-0.05, 0) is 30.7 Å². The van der Waals surface area contributed by atoms with Crippen LogP contribution in [0.1, 0.15) is 38.7 Å². The van der Waals surface area contributed by atoms with Gasteiger partial charge in [0.05, 0.1) is 0 Å². The maximum atomic E-state index is 12.2. The van der Waals surface area contributed by atoms with Crippen LogP contribution >= 0.6 is 7.95 Å². The molecule has 4 N–H and O–H groups in total. The van der Waals surface area contributed by atoms with E-state index in [9.17, 15) is 14.2 Å². The third-order valence-electron chi connectivity index (χ3n) is 3.82. The Balaban J connectivity index is 2.32. The number of carbonyl (C=O) groups is 2. The van der Waals surface area contributed by atoms with Crippen molar-refractivity contribution in [2.75, 3.05) is 12.7 Å². The Labute approximate surface area is 150 Å². The fraction of sp³-hybridized carbons (Fsp3) is 0.556. The number of rotatable bonds is 12. The predicted molar refractivity (Wildman–Crippen MR) is 100 cm³/mol. The van der Waals surface area contributed by atoms with Gasteiger partial charge in [0.25, 0.3) is 0 Å². The van der Waals surface area contributed by atoms with Crippen molar-refractivity contribution in [3.05, 3.63) is 35.9 Å². The predicted octanol–water partition coefficient (Wildman–Crippen LogP) is 2.36. The number of amides is 2. The molecule has 0 saturated carbocycles. The topological polar surface area (TPSA) is 101 Å². The number of benzene rings is 1. The van der Waals surface area contributed by atoms with Gasteiger partial charge in [-0.25, -0.2) is 0 Å². The Hall–Kier alpha value is -1.78. The Morgan fingerprint density at radius 3 is 2.44 bits per heavy atom. The summed E-state index contributed by atoms with van der Waals surface area (Å²) in [4.78, 5) is 22.9. The number of unbranched alkanes of at least 4 members (excludes halogenated alkanes) is 1. The summed E-state index contributed by atoms with van der Waals surface area (Å²) in [6, 6.07) is 9.66. The van der Waals surface area contributed by atoms with Gasteiger partial charge in [0.2, 0.25) is 11.8 Å². The lowest BCUT2D eigenvalue weighted by molar-refractivity contribution is -0.123. The molecule has 0 bridgehead atoms. The zero-order valence-corrected chi connectivity index (χ0v) is 15.9. The quantitative estimate of drug-likeness (QED) is 0.390. The number of nitrogens with two attached hydrogens (primary N) is 1. The smallest absolute Gasteiger partial charge is 0.370 e. The van der Waals surface area contributed by atoms with Crippen LogP contribution in [-0.2, 0) is 20.6 Å². The number of hydrogen-bond acceptors (Lipinski definition) is 3. The van der Waals surface area contributed by atoms with E-state index in [0.29, 0.717) is 6.16 Å². The van der Waals surface area contributed by atoms with Crippen LogP contribution in [0.25, 0.3) is 0 Å². The number of aryl methyl sites for hydroxylation is 1. The van der Waals surface area contributed by atoms with Crippen molar-refractivity contribution >= 4 is 19.8 Å². The first-order valence-corrected chi connectivity index (χ1v) is 10.2. The standard InChI is InChI=1S/C18H28N3O3P/c1-14(2)17(18(23)20-12-11-16(19)22)21-25(24)13-7-6-10-15-8-4-3-5-9-15/h3-5,8-9,14,17H,6-7,10-13H2,1-2H3,(H3-,19,20,21,22,23,24)/p+1/t17-/m0/s1. The lowest BCUT2D eigenvalue weighted by Crippen LogP contribution is -2.45. The first-order chi connectivity index (χ1) is 11.9. The Morgan fingerprint density at radius 2 is 1.84 bits per heavy atom. The maximum absolute atomic E-state index is 12.2. The van der Waals surface area contributed by atoms with Gasteiger partial charge in [-0.15, -0.1) is 0 Å². The monoisotopic (exact) mass is 366 g/mol. The van der Waals surface area contributed by atoms with Crippen LogP contribution in [0.3, 0.4) is 0 Å². The second-order valence-electron chi connectivity index (χ2n) is 6.40. The fourth-order valence-corrected chi connectivity index (χ4v) is 3.74. The molecule has 0 fully saturated rings. The van der Waals surface area contributed by atoms with Crippen molar-refractivity contribution in [1.29, 1.82) is 0 Å². The average molecular weight is 366 g/mol. The molecule has 1 aromatic carbocycles. The molecule has 1 aromatic rings. The normalized spacial score (nSPS) is 12.7. The van der Waals surface area contributed by atoms with E-state index in [0.717, 1.165) is 19.3 Å². The second-order valence-corrected chi connectivity index (χ2v) is 7.87. The van der Waals surface area contributed by atoms with E-state index in [-0.39, 0.29) is 24.8 Å². The summed E-state index contributed by atoms with van der Waals surface area (Å²) < 4.78 is 12.2. The lowest BCUT2D eigenvalue weighted by atomic mass is 10.1. The summed E-state index contributed by atoms with van der Waals surface area (Å²) in [6.45, 7) is 3.99. The van der Waals surface area contributed by atoms with Gasteiger partial charge >= 0.3 is 7.95 Å². The van der Waals surface area contributed by atoms with E-state index in [1.54, 1.807) is 0 Å². The molecule has 0 aromatic heterocycles.